The predicted octanol–water partition coefficient (Wildman–Crippen LogP) is 3.24. The molecule has 0 saturated carbocycles. The summed E-state index contributed by atoms with van der Waals surface area (Å²) < 4.78 is 0. The van der Waals surface area contributed by atoms with E-state index in [-0.39, 0.29) is 11.7 Å². The summed E-state index contributed by atoms with van der Waals surface area (Å²) in [7, 11) is 0. The van der Waals surface area contributed by atoms with Crippen LogP contribution in [0.15, 0.2) is 54.4 Å². The lowest BCUT2D eigenvalue weighted by Gasteiger charge is -2.22. The average Bonchev–Trinajstić information content (AvgIpc) is 3.02. The number of ketones is 1. The van der Waals surface area contributed by atoms with E-state index in [4.69, 9.17) is 0 Å². The molecule has 140 valence electrons. The van der Waals surface area contributed by atoms with Crippen molar-refractivity contribution in [1.29, 1.82) is 0 Å². The Morgan fingerprint density at radius 3 is 2.56 bits per heavy atom. The number of aliphatic hydroxyl groups excluding tert-OH is 1. The summed E-state index contributed by atoms with van der Waals surface area (Å²) in [4.78, 5) is 25.4. The minimum Gasteiger partial charge on any atom is -0.387 e. The Bertz CT molecular complexity index is 902. The van der Waals surface area contributed by atoms with Crippen LogP contribution in [0.25, 0.3) is 11.1 Å². The zero-order valence-electron chi connectivity index (χ0n) is 15.6. The van der Waals surface area contributed by atoms with Crippen LogP contribution < -0.4 is 10.6 Å². The third kappa shape index (κ3) is 3.51. The second kappa shape index (κ2) is 8.18. The van der Waals surface area contributed by atoms with E-state index in [0.717, 1.165) is 24.1 Å². The van der Waals surface area contributed by atoms with E-state index in [1.54, 1.807) is 18.2 Å². The van der Waals surface area contributed by atoms with E-state index < -0.39 is 6.10 Å². The molecule has 1 aliphatic carbocycles. The van der Waals surface area contributed by atoms with Crippen LogP contribution in [0.5, 0.6) is 0 Å². The number of carbonyl (C=O) groups excluding carboxylic acids is 2. The molecule has 1 atom stereocenters. The Labute approximate surface area is 159 Å². The van der Waals surface area contributed by atoms with Gasteiger partial charge in [0, 0.05) is 23.9 Å². The van der Waals surface area contributed by atoms with Gasteiger partial charge in [-0.2, -0.15) is 0 Å². The average molecular weight is 364 g/mol. The van der Waals surface area contributed by atoms with Crippen molar-refractivity contribution in [2.75, 3.05) is 6.54 Å². The van der Waals surface area contributed by atoms with Crippen molar-refractivity contribution in [3.8, 4) is 11.1 Å². The van der Waals surface area contributed by atoms with Gasteiger partial charge < -0.3 is 15.7 Å². The minimum absolute atomic E-state index is 0.125. The van der Waals surface area contributed by atoms with Gasteiger partial charge in [-0.25, -0.2) is 0 Å². The maximum absolute atomic E-state index is 12.7. The molecule has 5 nitrogen and oxygen atoms in total. The molecule has 1 unspecified atom stereocenters. The highest BCUT2D eigenvalue weighted by atomic mass is 16.3. The molecule has 1 aliphatic heterocycles. The molecule has 4 rings (SSSR count). The van der Waals surface area contributed by atoms with Gasteiger partial charge in [0.25, 0.3) is 5.91 Å². The van der Waals surface area contributed by atoms with E-state index in [2.05, 4.69) is 10.6 Å². The molecule has 1 heterocycles. The van der Waals surface area contributed by atoms with Gasteiger partial charge in [-0.1, -0.05) is 50.2 Å². The van der Waals surface area contributed by atoms with Crippen molar-refractivity contribution in [1.82, 2.24) is 10.6 Å². The molecule has 1 saturated heterocycles. The van der Waals surface area contributed by atoms with Crippen molar-refractivity contribution in [2.24, 2.45) is 0 Å². The number of benzene rings is 2. The number of fused-ring (bicyclic) bond motifs is 3. The summed E-state index contributed by atoms with van der Waals surface area (Å²) in [5, 5.41) is 15.7. The number of rotatable bonds is 2. The van der Waals surface area contributed by atoms with Crippen molar-refractivity contribution < 1.29 is 14.7 Å². The van der Waals surface area contributed by atoms with Crippen molar-refractivity contribution >= 4 is 11.7 Å². The lowest BCUT2D eigenvalue weighted by Crippen LogP contribution is -2.33. The molecular formula is C22H24N2O3. The van der Waals surface area contributed by atoms with Crippen molar-refractivity contribution in [3.05, 3.63) is 71.1 Å². The number of piperidine rings is 1. The van der Waals surface area contributed by atoms with Gasteiger partial charge in [-0.3, -0.25) is 9.59 Å². The lowest BCUT2D eigenvalue weighted by atomic mass is 10.0. The van der Waals surface area contributed by atoms with Gasteiger partial charge in [0.2, 0.25) is 0 Å². The Morgan fingerprint density at radius 1 is 1.11 bits per heavy atom. The van der Waals surface area contributed by atoms with Gasteiger partial charge in [-0.15, -0.1) is 0 Å². The first-order valence-corrected chi connectivity index (χ1v) is 9.37. The van der Waals surface area contributed by atoms with E-state index in [1.165, 1.54) is 6.20 Å². The molecule has 1 amide bonds. The first-order valence-electron chi connectivity index (χ1n) is 9.37. The van der Waals surface area contributed by atoms with E-state index in [1.807, 2.05) is 38.1 Å². The fourth-order valence-electron chi connectivity index (χ4n) is 3.43. The summed E-state index contributed by atoms with van der Waals surface area (Å²) >= 11 is 0. The number of aliphatic hydroxyl groups is 1. The molecule has 0 bridgehead atoms. The van der Waals surface area contributed by atoms with E-state index in [0.29, 0.717) is 28.8 Å². The molecule has 27 heavy (non-hydrogen) atoms. The summed E-state index contributed by atoms with van der Waals surface area (Å²) in [5.74, 6) is -0.482. The molecule has 2 aromatic rings. The molecule has 3 N–H and O–H groups in total. The molecular weight excluding hydrogens is 340 g/mol. The van der Waals surface area contributed by atoms with Gasteiger partial charge in [0.1, 0.15) is 0 Å². The smallest absolute Gasteiger partial charge is 0.256 e. The monoisotopic (exact) mass is 364 g/mol. The molecule has 0 spiro atoms. The number of nitrogens with one attached hydrogen (secondary N) is 2. The molecule has 0 aromatic heterocycles. The minimum atomic E-state index is -0.596. The summed E-state index contributed by atoms with van der Waals surface area (Å²) in [6.07, 6.45) is 2.47. The molecule has 1 fully saturated rings. The molecule has 2 aromatic carbocycles. The third-order valence-electron chi connectivity index (χ3n) is 4.70. The highest BCUT2D eigenvalue weighted by molar-refractivity contribution is 6.25. The van der Waals surface area contributed by atoms with E-state index >= 15 is 0 Å². The Morgan fingerprint density at radius 2 is 1.81 bits per heavy atom. The van der Waals surface area contributed by atoms with E-state index in [9.17, 15) is 14.7 Å². The molecule has 2 aliphatic rings. The van der Waals surface area contributed by atoms with Gasteiger partial charge in [0.05, 0.1) is 17.4 Å². The SMILES string of the molecule is CC.O=C(N/C=C1/NCCCC1O)c1cccc2c1C(=O)c1ccccc1-2. The predicted molar refractivity (Wildman–Crippen MR) is 105 cm³/mol. The van der Waals surface area contributed by atoms with Crippen LogP contribution in [0.4, 0.5) is 0 Å². The van der Waals surface area contributed by atoms with Crippen LogP contribution in [-0.4, -0.2) is 29.4 Å². The Balaban J connectivity index is 0.00000102. The second-order valence-electron chi connectivity index (χ2n) is 6.26. The first-order chi connectivity index (χ1) is 13.2. The molecule has 0 radical (unpaired) electrons. The van der Waals surface area contributed by atoms with Gasteiger partial charge in [-0.05, 0) is 30.0 Å². The van der Waals surface area contributed by atoms with Crippen LogP contribution in [-0.2, 0) is 0 Å². The van der Waals surface area contributed by atoms with Crippen LogP contribution in [0.1, 0.15) is 53.0 Å². The topological polar surface area (TPSA) is 78.4 Å². The Hall–Kier alpha value is -2.92. The number of hydrogen-bond donors (Lipinski definition) is 3. The molecule has 5 heteroatoms. The second-order valence-corrected chi connectivity index (χ2v) is 6.26. The highest BCUT2D eigenvalue weighted by Crippen LogP contribution is 2.37. The summed E-state index contributed by atoms with van der Waals surface area (Å²) in [6, 6.07) is 12.7. The Kier molecular flexibility index (Phi) is 5.72. The third-order valence-corrected chi connectivity index (χ3v) is 4.70. The van der Waals surface area contributed by atoms with Gasteiger partial charge in [0.15, 0.2) is 5.78 Å². The lowest BCUT2D eigenvalue weighted by molar-refractivity contribution is 0.0956. The fraction of sp³-hybridized carbons (Fsp3) is 0.273. The van der Waals surface area contributed by atoms with Crippen LogP contribution in [0, 0.1) is 0 Å². The number of amides is 1. The van der Waals surface area contributed by atoms with Crippen LogP contribution in [0.2, 0.25) is 0 Å². The fourth-order valence-corrected chi connectivity index (χ4v) is 3.43. The quantitative estimate of drug-likeness (QED) is 0.652. The summed E-state index contributed by atoms with van der Waals surface area (Å²) in [6.45, 7) is 4.77. The van der Waals surface area contributed by atoms with Crippen LogP contribution >= 0.6 is 0 Å². The zero-order valence-corrected chi connectivity index (χ0v) is 15.6. The van der Waals surface area contributed by atoms with Crippen molar-refractivity contribution in [2.45, 2.75) is 32.8 Å². The standard InChI is InChI=1S/C20H18N2O3.C2H6/c23-17-9-4-10-21-16(17)11-22-20(25)15-8-3-7-13-12-5-1-2-6-14(12)19(24)18(13)15;1-2/h1-3,5-8,11,17,21,23H,4,9-10H2,(H,22,25);1-2H3/b16-11+;. The zero-order chi connectivity index (χ0) is 19.4. The normalized spacial score (nSPS) is 18.7. The first kappa shape index (κ1) is 18.9. The number of hydrogen-bond acceptors (Lipinski definition) is 4. The van der Waals surface area contributed by atoms with Gasteiger partial charge >= 0.3 is 0 Å². The summed E-state index contributed by atoms with van der Waals surface area (Å²) in [5.41, 5.74) is 3.66. The maximum atomic E-state index is 12.7. The van der Waals surface area contributed by atoms with Crippen molar-refractivity contribution in [3.63, 3.8) is 0 Å². The maximum Gasteiger partial charge on any atom is 0.256 e. The highest BCUT2D eigenvalue weighted by Gasteiger charge is 2.30. The largest absolute Gasteiger partial charge is 0.387 e. The number of carbonyl (C=O) groups is 2. The van der Waals surface area contributed by atoms with Crippen LogP contribution in [0.3, 0.4) is 0 Å².